The number of aryl methyl sites for hydroxylation is 1. The van der Waals surface area contributed by atoms with Crippen LogP contribution >= 0.6 is 0 Å². The summed E-state index contributed by atoms with van der Waals surface area (Å²) in [5, 5.41) is 14.6. The van der Waals surface area contributed by atoms with Crippen molar-refractivity contribution in [2.24, 2.45) is 22.9 Å². The molecule has 2 fully saturated rings. The molecule has 0 aromatic heterocycles. The lowest BCUT2D eigenvalue weighted by Gasteiger charge is -2.44. The lowest BCUT2D eigenvalue weighted by molar-refractivity contribution is -0.184. The molecule has 3 rings (SSSR count). The summed E-state index contributed by atoms with van der Waals surface area (Å²) in [6.07, 6.45) is 5.06. The van der Waals surface area contributed by atoms with Crippen molar-refractivity contribution in [1.82, 2.24) is 0 Å². The highest BCUT2D eigenvalue weighted by molar-refractivity contribution is 5.89. The van der Waals surface area contributed by atoms with Gasteiger partial charge in [0, 0.05) is 25.0 Å². The van der Waals surface area contributed by atoms with E-state index in [0.717, 1.165) is 19.3 Å². The summed E-state index contributed by atoms with van der Waals surface area (Å²) < 4.78 is 4.57. The average molecular weight is 458 g/mol. The van der Waals surface area contributed by atoms with Gasteiger partial charge in [-0.25, -0.2) is 4.79 Å². The van der Waals surface area contributed by atoms with Gasteiger partial charge >= 0.3 is 5.97 Å². The third-order valence-electron chi connectivity index (χ3n) is 7.10. The molecule has 182 valence electrons. The normalized spacial score (nSPS) is 29.3. The third kappa shape index (κ3) is 6.53. The third-order valence-corrected chi connectivity index (χ3v) is 7.10. The fraction of sp³-hybridized carbons (Fsp3) is 0.593. The Hall–Kier alpha value is -2.47. The number of benzene rings is 1. The Bertz CT molecular complexity index is 847. The number of aliphatic hydroxyl groups excluding tert-OH is 1. The molecule has 2 saturated carbocycles. The van der Waals surface area contributed by atoms with Gasteiger partial charge in [-0.1, -0.05) is 43.3 Å². The van der Waals surface area contributed by atoms with Crippen LogP contribution in [0.5, 0.6) is 0 Å². The van der Waals surface area contributed by atoms with E-state index < -0.39 is 11.7 Å². The van der Waals surface area contributed by atoms with Crippen molar-refractivity contribution in [2.45, 2.75) is 77.9 Å². The largest absolute Gasteiger partial charge is 0.465 e. The van der Waals surface area contributed by atoms with Crippen LogP contribution in [0.2, 0.25) is 0 Å². The van der Waals surface area contributed by atoms with Crippen molar-refractivity contribution in [3.05, 3.63) is 47.5 Å². The van der Waals surface area contributed by atoms with Crippen LogP contribution in [-0.2, 0) is 20.8 Å². The average Bonchev–Trinajstić information content (AvgIpc) is 3.21. The summed E-state index contributed by atoms with van der Waals surface area (Å²) in [6.45, 7) is 12.2. The van der Waals surface area contributed by atoms with Crippen LogP contribution in [0.4, 0.5) is 0 Å². The number of aliphatic hydroxyl groups is 1. The molecule has 3 unspecified atom stereocenters. The smallest absolute Gasteiger partial charge is 0.337 e. The Morgan fingerprint density at radius 1 is 1.30 bits per heavy atom. The summed E-state index contributed by atoms with van der Waals surface area (Å²) in [5.74, 6) is 0.954. The van der Waals surface area contributed by atoms with Gasteiger partial charge in [0.15, 0.2) is 5.60 Å². The molecule has 2 aliphatic rings. The first-order valence-electron chi connectivity index (χ1n) is 11.9. The number of allylic oxidation sites excluding steroid dienone is 1. The molecule has 6 heteroatoms. The summed E-state index contributed by atoms with van der Waals surface area (Å²) in [5.41, 5.74) is 2.31. The van der Waals surface area contributed by atoms with Crippen LogP contribution in [-0.4, -0.2) is 41.9 Å². The summed E-state index contributed by atoms with van der Waals surface area (Å²) >= 11 is 0. The SMILES string of the molecule is C=C(C)[C@H]1CC(C)C(C2(O/N=C/C)CCC(=O)C[C@H]2O)C1.CCc1ccc(C(=O)OC)cc1. The zero-order chi connectivity index (χ0) is 24.6. The molecule has 0 heterocycles. The van der Waals surface area contributed by atoms with E-state index in [-0.39, 0.29) is 24.1 Å². The number of hydrogen-bond donors (Lipinski definition) is 1. The van der Waals surface area contributed by atoms with Crippen molar-refractivity contribution in [1.29, 1.82) is 0 Å². The highest BCUT2D eigenvalue weighted by Gasteiger charge is 2.55. The van der Waals surface area contributed by atoms with Gasteiger partial charge in [-0.05, 0) is 69.1 Å². The molecule has 1 aromatic rings. The van der Waals surface area contributed by atoms with Crippen molar-refractivity contribution < 1.29 is 24.3 Å². The number of hydrogen-bond acceptors (Lipinski definition) is 6. The number of ether oxygens (including phenoxy) is 1. The summed E-state index contributed by atoms with van der Waals surface area (Å²) in [4.78, 5) is 28.4. The molecule has 1 N–H and O–H groups in total. The van der Waals surface area contributed by atoms with Gasteiger partial charge in [-0.15, -0.1) is 0 Å². The second-order valence-electron chi connectivity index (χ2n) is 9.31. The number of carbonyl (C=O) groups excluding carboxylic acids is 2. The number of rotatable bonds is 6. The molecule has 33 heavy (non-hydrogen) atoms. The number of ketones is 1. The molecule has 0 spiro atoms. The van der Waals surface area contributed by atoms with Gasteiger partial charge in [0.05, 0.1) is 12.7 Å². The van der Waals surface area contributed by atoms with E-state index in [9.17, 15) is 14.7 Å². The van der Waals surface area contributed by atoms with Gasteiger partial charge in [0.1, 0.15) is 11.9 Å². The molecule has 0 amide bonds. The Balaban J connectivity index is 0.000000273. The standard InChI is InChI=1S/C17H27NO3.C10H12O2/c1-5-18-21-17(7-6-14(19)10-16(17)20)15-9-13(11(2)3)8-12(15)4;1-3-8-4-6-9(7-5-8)10(11)12-2/h5,12-13,15-16,20H,2,6-10H2,1,3-4H3;4-7H,3H2,1-2H3/b18-5+;/t12?,13-,15?,16+,17?;/m0./s1. The quantitative estimate of drug-likeness (QED) is 0.277. The maximum atomic E-state index is 11.6. The van der Waals surface area contributed by atoms with Gasteiger partial charge in [-0.2, -0.15) is 0 Å². The van der Waals surface area contributed by atoms with E-state index in [1.54, 1.807) is 25.3 Å². The Morgan fingerprint density at radius 3 is 2.45 bits per heavy atom. The maximum Gasteiger partial charge on any atom is 0.337 e. The summed E-state index contributed by atoms with van der Waals surface area (Å²) in [7, 11) is 1.38. The lowest BCUT2D eigenvalue weighted by atomic mass is 9.69. The van der Waals surface area contributed by atoms with Gasteiger partial charge in [0.2, 0.25) is 0 Å². The first-order chi connectivity index (χ1) is 15.7. The molecule has 0 saturated heterocycles. The number of esters is 1. The van der Waals surface area contributed by atoms with E-state index in [0.29, 0.717) is 30.2 Å². The predicted molar refractivity (Wildman–Crippen MR) is 130 cm³/mol. The number of oxime groups is 1. The Morgan fingerprint density at radius 2 is 1.97 bits per heavy atom. The topological polar surface area (TPSA) is 85.2 Å². The minimum absolute atomic E-state index is 0.115. The first kappa shape index (κ1) is 26.8. The second-order valence-corrected chi connectivity index (χ2v) is 9.31. The number of nitrogens with zero attached hydrogens (tertiary/aromatic N) is 1. The van der Waals surface area contributed by atoms with Gasteiger partial charge in [-0.3, -0.25) is 4.79 Å². The molecule has 6 nitrogen and oxygen atoms in total. The minimum Gasteiger partial charge on any atom is -0.465 e. The molecule has 5 atom stereocenters. The molecule has 0 radical (unpaired) electrons. The minimum atomic E-state index is -0.765. The van der Waals surface area contributed by atoms with Crippen LogP contribution < -0.4 is 0 Å². The molecular formula is C27H39NO5. The Labute approximate surface area is 198 Å². The van der Waals surface area contributed by atoms with E-state index in [1.807, 2.05) is 12.1 Å². The highest BCUT2D eigenvalue weighted by atomic mass is 16.7. The number of methoxy groups -OCH3 is 1. The lowest BCUT2D eigenvalue weighted by Crippen LogP contribution is -2.54. The number of Topliss-reactive ketones (excluding diaryl/α,β-unsaturated/α-hetero) is 1. The fourth-order valence-electron chi connectivity index (χ4n) is 5.08. The highest BCUT2D eigenvalue weighted by Crippen LogP contribution is 2.50. The van der Waals surface area contributed by atoms with E-state index in [4.69, 9.17) is 4.84 Å². The van der Waals surface area contributed by atoms with Crippen LogP contribution in [0.1, 0.15) is 75.7 Å². The molecular weight excluding hydrogens is 418 g/mol. The van der Waals surface area contributed by atoms with Crippen LogP contribution in [0, 0.1) is 17.8 Å². The molecule has 0 bridgehead atoms. The maximum absolute atomic E-state index is 11.6. The number of carbonyl (C=O) groups is 2. The van der Waals surface area contributed by atoms with E-state index >= 15 is 0 Å². The first-order valence-corrected chi connectivity index (χ1v) is 11.9. The van der Waals surface area contributed by atoms with Crippen molar-refractivity contribution >= 4 is 18.0 Å². The van der Waals surface area contributed by atoms with Crippen molar-refractivity contribution in [3.8, 4) is 0 Å². The second kappa shape index (κ2) is 12.1. The molecule has 2 aliphatic carbocycles. The summed E-state index contributed by atoms with van der Waals surface area (Å²) in [6, 6.07) is 7.44. The Kier molecular flexibility index (Phi) is 9.84. The monoisotopic (exact) mass is 457 g/mol. The van der Waals surface area contributed by atoms with E-state index in [1.165, 1.54) is 18.2 Å². The van der Waals surface area contributed by atoms with Crippen LogP contribution in [0.15, 0.2) is 41.6 Å². The van der Waals surface area contributed by atoms with Gasteiger partial charge in [0.25, 0.3) is 0 Å². The van der Waals surface area contributed by atoms with Crippen molar-refractivity contribution in [2.75, 3.05) is 7.11 Å². The van der Waals surface area contributed by atoms with Gasteiger partial charge < -0.3 is 14.7 Å². The molecule has 1 aromatic carbocycles. The predicted octanol–water partition coefficient (Wildman–Crippen LogP) is 5.14. The fourth-order valence-corrected chi connectivity index (χ4v) is 5.08. The van der Waals surface area contributed by atoms with E-state index in [2.05, 4.69) is 37.2 Å². The zero-order valence-electron chi connectivity index (χ0n) is 20.7. The van der Waals surface area contributed by atoms with Crippen molar-refractivity contribution in [3.63, 3.8) is 0 Å². The zero-order valence-corrected chi connectivity index (χ0v) is 20.7. The molecule has 0 aliphatic heterocycles. The van der Waals surface area contributed by atoms with Crippen LogP contribution in [0.25, 0.3) is 0 Å². The van der Waals surface area contributed by atoms with Crippen LogP contribution in [0.3, 0.4) is 0 Å².